The number of hydrogen-bond acceptors (Lipinski definition) is 20. The van der Waals surface area contributed by atoms with E-state index in [2.05, 4.69) is 10.6 Å². The minimum atomic E-state index is -1.63. The standard InChI is InChI=1S/C90H66Cl2N4O20/c91-49-17-21-51(22-18-49)93-85(99)71(29-47-13-25-53(97)26-14-47)95-87(101)67-35-73(113-59-9-1-5-55(31-59)105-39-63-43-109-63)79-80-74(114-60-10-2-6-56(32-60)106-40-64-44-110-64)36-69-78-70(90(104)96(89(69)103)72(30-48-15-27-54(98)28-16-48)86(100)94-52-23-19-50(92)20-24-52)38-76(116-62-12-4-8-58(34-62)108-42-66-46-112-66)82(84(78)80)81-75(37-68(88(95)102)77(67)83(79)81)115-61-11-3-7-57(33-61)107-41-65-45-111-65/h1-28,31-38,63-66,71-72,97-98H,29-30,39-46H2,(H,93,99)(H,94,100). The van der Waals surface area contributed by atoms with E-state index in [-0.39, 0.29) is 187 Å². The number of amides is 6. The number of ether oxygens (including phenoxy) is 12. The summed E-state index contributed by atoms with van der Waals surface area (Å²) in [7, 11) is 0. The summed E-state index contributed by atoms with van der Waals surface area (Å²) in [5, 5.41) is 28.6. The molecule has 0 spiro atoms. The SMILES string of the molecule is O=C(Nc1ccc(Cl)cc1)C(Cc1ccc(O)cc1)N1C(=O)c2cc(Oc3cccc(OCC4CO4)c3)c3c4c(Oc5cccc(OCC6CO6)c5)cc5c6c(cc(Oc7cccc(OCC8CO8)c7)c(c7c(Oc8cccc(OCC9CO9)c8)cc(c2c37)C1=O)c64)C(=O)N(C(Cc1ccc(O)cc1)C(=O)Nc1ccc(Cl)cc1)C5=O. The number of imide groups is 2. The fourth-order valence-corrected chi connectivity index (χ4v) is 14.9. The third-order valence-corrected chi connectivity index (χ3v) is 21.1. The van der Waals surface area contributed by atoms with Gasteiger partial charge in [-0.05, 0) is 157 Å². The normalized spacial score (nSPS) is 17.4. The number of phenols is 2. The number of rotatable bonds is 30. The molecule has 19 rings (SSSR count). The first-order valence-electron chi connectivity index (χ1n) is 37.4. The predicted molar refractivity (Wildman–Crippen MR) is 427 cm³/mol. The first kappa shape index (κ1) is 73.0. The maximum absolute atomic E-state index is 16.8. The van der Waals surface area contributed by atoms with Crippen LogP contribution >= 0.6 is 23.2 Å². The van der Waals surface area contributed by atoms with Crippen LogP contribution < -0.4 is 48.5 Å². The zero-order valence-corrected chi connectivity index (χ0v) is 62.7. The Morgan fingerprint density at radius 3 is 0.871 bits per heavy atom. The molecule has 6 unspecified atom stereocenters. The van der Waals surface area contributed by atoms with Gasteiger partial charge in [-0.2, -0.15) is 0 Å². The molecule has 6 heterocycles. The molecular formula is C90H66Cl2N4O20. The monoisotopic (exact) mass is 1590 g/mol. The van der Waals surface area contributed by atoms with Crippen LogP contribution in [0.4, 0.5) is 11.4 Å². The number of aromatic hydroxyl groups is 2. The molecule has 0 radical (unpaired) electrons. The van der Waals surface area contributed by atoms with E-state index < -0.39 is 47.5 Å². The predicted octanol–water partition coefficient (Wildman–Crippen LogP) is 16.4. The van der Waals surface area contributed by atoms with Gasteiger partial charge in [0.1, 0.15) is 143 Å². The summed E-state index contributed by atoms with van der Waals surface area (Å²) in [5.41, 5.74) is 0.947. The van der Waals surface area contributed by atoms with Crippen LogP contribution in [0.1, 0.15) is 52.6 Å². The molecule has 6 amide bonds. The van der Waals surface area contributed by atoms with E-state index in [0.29, 0.717) is 82.0 Å². The Kier molecular flexibility index (Phi) is 19.1. The van der Waals surface area contributed by atoms with Crippen molar-refractivity contribution in [2.75, 3.05) is 63.5 Å². The lowest BCUT2D eigenvalue weighted by Crippen LogP contribution is -2.53. The highest BCUT2D eigenvalue weighted by molar-refractivity contribution is 6.45. The quantitative estimate of drug-likeness (QED) is 0.0141. The molecule has 4 fully saturated rings. The van der Waals surface area contributed by atoms with E-state index in [0.717, 1.165) is 9.80 Å². The van der Waals surface area contributed by atoms with Gasteiger partial charge in [-0.1, -0.05) is 71.7 Å². The van der Waals surface area contributed by atoms with Gasteiger partial charge < -0.3 is 77.7 Å². The molecule has 6 atom stereocenters. The molecule has 4 N–H and O–H groups in total. The van der Waals surface area contributed by atoms with Crippen LogP contribution in [0, 0.1) is 0 Å². The molecule has 580 valence electrons. The van der Waals surface area contributed by atoms with E-state index in [1.807, 2.05) is 0 Å². The topological polar surface area (TPSA) is 297 Å². The average molecular weight is 1590 g/mol. The number of nitrogens with one attached hydrogen (secondary N) is 2. The van der Waals surface area contributed by atoms with Gasteiger partial charge in [0.15, 0.2) is 0 Å². The number of hydrogen-bond donors (Lipinski definition) is 4. The van der Waals surface area contributed by atoms with Crippen LogP contribution in [0.25, 0.3) is 43.1 Å². The van der Waals surface area contributed by atoms with E-state index >= 15 is 28.8 Å². The molecule has 26 heteroatoms. The van der Waals surface area contributed by atoms with Gasteiger partial charge >= 0.3 is 0 Å². The number of anilines is 2. The number of carbonyl (C=O) groups is 6. The molecule has 13 aromatic rings. The van der Waals surface area contributed by atoms with Crippen LogP contribution in [-0.2, 0) is 41.4 Å². The van der Waals surface area contributed by atoms with Gasteiger partial charge in [0.25, 0.3) is 23.6 Å². The van der Waals surface area contributed by atoms with Crippen LogP contribution in [0.3, 0.4) is 0 Å². The second-order valence-electron chi connectivity index (χ2n) is 28.8. The van der Waals surface area contributed by atoms with Gasteiger partial charge in [-0.25, -0.2) is 0 Å². The Labute approximate surface area is 670 Å². The second-order valence-corrected chi connectivity index (χ2v) is 29.7. The van der Waals surface area contributed by atoms with Crippen molar-refractivity contribution in [3.05, 3.63) is 262 Å². The lowest BCUT2D eigenvalue weighted by molar-refractivity contribution is -0.120. The summed E-state index contributed by atoms with van der Waals surface area (Å²) in [6, 6.07) is 54.5. The molecule has 116 heavy (non-hydrogen) atoms. The minimum Gasteiger partial charge on any atom is -0.508 e. The summed E-state index contributed by atoms with van der Waals surface area (Å²) >= 11 is 12.7. The molecule has 0 aliphatic carbocycles. The van der Waals surface area contributed by atoms with Crippen LogP contribution in [-0.4, -0.2) is 145 Å². The number of carbonyl (C=O) groups excluding carboxylic acids is 6. The van der Waals surface area contributed by atoms with Crippen molar-refractivity contribution in [2.45, 2.75) is 49.3 Å². The average Bonchev–Trinajstić information content (AvgIpc) is 1.55. The van der Waals surface area contributed by atoms with Crippen molar-refractivity contribution in [1.82, 2.24) is 9.80 Å². The summed E-state index contributed by atoms with van der Waals surface area (Å²) < 4.78 is 76.6. The largest absolute Gasteiger partial charge is 0.508 e. The first-order valence-corrected chi connectivity index (χ1v) is 38.2. The summed E-state index contributed by atoms with van der Waals surface area (Å²) in [5.74, 6) is -3.54. The van der Waals surface area contributed by atoms with E-state index in [9.17, 15) is 10.2 Å². The Hall–Kier alpha value is -13.2. The molecule has 6 aliphatic rings. The van der Waals surface area contributed by atoms with Crippen molar-refractivity contribution < 1.29 is 95.8 Å². The Balaban J connectivity index is 0.920. The summed E-state index contributed by atoms with van der Waals surface area (Å²) in [6.07, 6.45) is -1.11. The maximum Gasteiger partial charge on any atom is 0.262 e. The van der Waals surface area contributed by atoms with Gasteiger partial charge in [0.2, 0.25) is 11.8 Å². The van der Waals surface area contributed by atoms with Gasteiger partial charge in [0, 0.05) is 102 Å². The zero-order valence-electron chi connectivity index (χ0n) is 61.2. The summed E-state index contributed by atoms with van der Waals surface area (Å²) in [6.45, 7) is 2.86. The minimum absolute atomic E-state index is 0.0407. The number of fused-ring (bicyclic) bond motifs is 2. The fraction of sp³-hybridized carbons (Fsp3) is 0.178. The lowest BCUT2D eigenvalue weighted by Gasteiger charge is -2.36. The summed E-state index contributed by atoms with van der Waals surface area (Å²) in [4.78, 5) is 99.9. The van der Waals surface area contributed by atoms with E-state index in [4.69, 9.17) is 80.0 Å². The molecule has 6 aliphatic heterocycles. The zero-order chi connectivity index (χ0) is 79.0. The number of phenolic OH excluding ortho intramolecular Hbond substituents is 2. The van der Waals surface area contributed by atoms with Gasteiger partial charge in [-0.3, -0.25) is 38.6 Å². The molecule has 13 aromatic carbocycles. The van der Waals surface area contributed by atoms with Gasteiger partial charge in [0.05, 0.1) is 48.7 Å². The van der Waals surface area contributed by atoms with E-state index in [1.54, 1.807) is 170 Å². The van der Waals surface area contributed by atoms with Crippen LogP contribution in [0.15, 0.2) is 218 Å². The van der Waals surface area contributed by atoms with Crippen molar-refractivity contribution in [3.8, 4) is 80.5 Å². The molecular weight excluding hydrogens is 1530 g/mol. The first-order chi connectivity index (χ1) is 56.5. The lowest BCUT2D eigenvalue weighted by atomic mass is 9.80. The number of nitrogens with zero attached hydrogens (tertiary/aromatic N) is 2. The molecule has 0 bridgehead atoms. The van der Waals surface area contributed by atoms with E-state index in [1.165, 1.54) is 48.5 Å². The molecule has 0 aromatic heterocycles. The maximum atomic E-state index is 16.8. The van der Waals surface area contributed by atoms with Crippen LogP contribution in [0.2, 0.25) is 10.0 Å². The number of epoxide rings is 4. The Morgan fingerprint density at radius 1 is 0.353 bits per heavy atom. The highest BCUT2D eigenvalue weighted by atomic mass is 35.5. The second kappa shape index (κ2) is 30.3. The third-order valence-electron chi connectivity index (χ3n) is 20.6. The van der Waals surface area contributed by atoms with Gasteiger partial charge in [-0.15, -0.1) is 0 Å². The highest BCUT2D eigenvalue weighted by Crippen LogP contribution is 2.59. The highest BCUT2D eigenvalue weighted by Gasteiger charge is 2.47. The molecule has 24 nitrogen and oxygen atoms in total. The Bertz CT molecular complexity index is 5510. The number of benzene rings is 13. The van der Waals surface area contributed by atoms with Crippen molar-refractivity contribution in [2.24, 2.45) is 0 Å². The van der Waals surface area contributed by atoms with Crippen molar-refractivity contribution >= 4 is 113 Å². The molecule has 4 saturated heterocycles. The van der Waals surface area contributed by atoms with Crippen molar-refractivity contribution in [1.29, 1.82) is 0 Å². The Morgan fingerprint density at radius 2 is 0.612 bits per heavy atom. The van der Waals surface area contributed by atoms with Crippen molar-refractivity contribution in [3.63, 3.8) is 0 Å². The van der Waals surface area contributed by atoms with Crippen LogP contribution in [0.5, 0.6) is 80.5 Å². The fourth-order valence-electron chi connectivity index (χ4n) is 14.7. The molecule has 0 saturated carbocycles. The number of halogens is 2. The smallest absolute Gasteiger partial charge is 0.262 e. The third kappa shape index (κ3) is 15.0.